The molecule has 1 heterocycles. The lowest BCUT2D eigenvalue weighted by Gasteiger charge is -2.23. The van der Waals surface area contributed by atoms with Crippen LogP contribution in [0.25, 0.3) is 0 Å². The van der Waals surface area contributed by atoms with Crippen molar-refractivity contribution in [3.05, 3.63) is 0 Å². The van der Waals surface area contributed by atoms with Crippen LogP contribution in [0.1, 0.15) is 26.2 Å². The first-order valence-corrected chi connectivity index (χ1v) is 5.30. The summed E-state index contributed by atoms with van der Waals surface area (Å²) in [7, 11) is 1.28. The van der Waals surface area contributed by atoms with Gasteiger partial charge in [0.05, 0.1) is 7.11 Å². The van der Waals surface area contributed by atoms with Gasteiger partial charge in [-0.15, -0.1) is 0 Å². The number of amides is 2. The maximum Gasteiger partial charge on any atom is 0.407 e. The molecule has 0 aliphatic carbocycles. The van der Waals surface area contributed by atoms with Crippen molar-refractivity contribution in [2.75, 3.05) is 20.2 Å². The highest BCUT2D eigenvalue weighted by Gasteiger charge is 2.26. The molecule has 0 unspecified atom stereocenters. The monoisotopic (exact) mass is 214 g/mol. The van der Waals surface area contributed by atoms with Gasteiger partial charge in [-0.2, -0.15) is 0 Å². The summed E-state index contributed by atoms with van der Waals surface area (Å²) in [6, 6.07) is 0.344. The summed E-state index contributed by atoms with van der Waals surface area (Å²) in [5.41, 5.74) is 0. The van der Waals surface area contributed by atoms with E-state index in [1.54, 1.807) is 0 Å². The predicted molar refractivity (Wildman–Crippen MR) is 55.4 cm³/mol. The van der Waals surface area contributed by atoms with Crippen molar-refractivity contribution in [3.8, 4) is 0 Å². The molecule has 1 saturated heterocycles. The van der Waals surface area contributed by atoms with E-state index < -0.39 is 6.09 Å². The van der Waals surface area contributed by atoms with E-state index in [-0.39, 0.29) is 12.5 Å². The topological polar surface area (TPSA) is 58.6 Å². The zero-order chi connectivity index (χ0) is 11.3. The van der Waals surface area contributed by atoms with Crippen molar-refractivity contribution in [2.45, 2.75) is 32.2 Å². The summed E-state index contributed by atoms with van der Waals surface area (Å²) < 4.78 is 4.40. The molecule has 1 aliphatic heterocycles. The van der Waals surface area contributed by atoms with Crippen LogP contribution in [0.3, 0.4) is 0 Å². The van der Waals surface area contributed by atoms with E-state index in [4.69, 9.17) is 0 Å². The summed E-state index contributed by atoms with van der Waals surface area (Å²) >= 11 is 0. The number of nitrogens with zero attached hydrogens (tertiary/aromatic N) is 1. The summed E-state index contributed by atoms with van der Waals surface area (Å²) in [6.07, 6.45) is 2.54. The van der Waals surface area contributed by atoms with E-state index in [2.05, 4.69) is 17.0 Å². The van der Waals surface area contributed by atoms with Crippen LogP contribution in [0.5, 0.6) is 0 Å². The number of hydrogen-bond donors (Lipinski definition) is 1. The van der Waals surface area contributed by atoms with Crippen LogP contribution in [0.2, 0.25) is 0 Å². The van der Waals surface area contributed by atoms with Crippen molar-refractivity contribution >= 4 is 12.0 Å². The van der Waals surface area contributed by atoms with Crippen molar-refractivity contribution < 1.29 is 14.3 Å². The second kappa shape index (κ2) is 5.58. The number of alkyl carbamates (subject to hydrolysis) is 1. The van der Waals surface area contributed by atoms with Gasteiger partial charge in [-0.25, -0.2) is 4.79 Å². The van der Waals surface area contributed by atoms with Crippen LogP contribution in [0.4, 0.5) is 4.79 Å². The first kappa shape index (κ1) is 11.8. The Morgan fingerprint density at radius 3 is 2.87 bits per heavy atom. The quantitative estimate of drug-likeness (QED) is 0.754. The molecule has 0 bridgehead atoms. The Morgan fingerprint density at radius 1 is 1.53 bits per heavy atom. The van der Waals surface area contributed by atoms with Crippen molar-refractivity contribution in [1.82, 2.24) is 10.2 Å². The molecule has 0 aromatic carbocycles. The minimum absolute atomic E-state index is 0.0234. The molecule has 0 saturated carbocycles. The second-order valence-corrected chi connectivity index (χ2v) is 3.64. The highest BCUT2D eigenvalue weighted by molar-refractivity contribution is 5.82. The van der Waals surface area contributed by atoms with Gasteiger partial charge >= 0.3 is 6.09 Å². The number of rotatable bonds is 3. The third kappa shape index (κ3) is 3.11. The maximum atomic E-state index is 11.7. The molecular formula is C10H18N2O3. The zero-order valence-corrected chi connectivity index (χ0v) is 9.28. The van der Waals surface area contributed by atoms with E-state index in [9.17, 15) is 9.59 Å². The normalized spacial score (nSPS) is 20.1. The van der Waals surface area contributed by atoms with E-state index in [0.29, 0.717) is 6.04 Å². The minimum atomic E-state index is -0.560. The Balaban J connectivity index is 2.36. The first-order valence-electron chi connectivity index (χ1n) is 5.30. The largest absolute Gasteiger partial charge is 0.453 e. The standard InChI is InChI=1S/C10H18N2O3/c1-3-8-5-4-6-12(8)9(13)7-11-10(14)15-2/h8H,3-7H2,1-2H3,(H,11,14)/t8-/m1/s1. The van der Waals surface area contributed by atoms with Crippen LogP contribution in [-0.2, 0) is 9.53 Å². The molecule has 1 atom stereocenters. The van der Waals surface area contributed by atoms with Crippen LogP contribution in [0.15, 0.2) is 0 Å². The number of nitrogens with one attached hydrogen (secondary N) is 1. The smallest absolute Gasteiger partial charge is 0.407 e. The molecule has 5 heteroatoms. The fraction of sp³-hybridized carbons (Fsp3) is 0.800. The molecule has 0 aromatic heterocycles. The zero-order valence-electron chi connectivity index (χ0n) is 9.28. The van der Waals surface area contributed by atoms with Gasteiger partial charge in [-0.05, 0) is 19.3 Å². The average Bonchev–Trinajstić information content (AvgIpc) is 2.73. The van der Waals surface area contributed by atoms with Gasteiger partial charge in [-0.3, -0.25) is 4.79 Å². The summed E-state index contributed by atoms with van der Waals surface area (Å²) in [5.74, 6) is -0.0234. The summed E-state index contributed by atoms with van der Waals surface area (Å²) in [6.45, 7) is 2.91. The van der Waals surface area contributed by atoms with Gasteiger partial charge in [-0.1, -0.05) is 6.92 Å². The molecule has 1 N–H and O–H groups in total. The minimum Gasteiger partial charge on any atom is -0.453 e. The first-order chi connectivity index (χ1) is 7.19. The third-order valence-electron chi connectivity index (χ3n) is 2.74. The SMILES string of the molecule is CC[C@@H]1CCCN1C(=O)CNC(=O)OC. The van der Waals surface area contributed by atoms with E-state index >= 15 is 0 Å². The number of ether oxygens (including phenoxy) is 1. The van der Waals surface area contributed by atoms with Gasteiger partial charge in [0, 0.05) is 12.6 Å². The molecule has 1 aliphatic rings. The average molecular weight is 214 g/mol. The highest BCUT2D eigenvalue weighted by Crippen LogP contribution is 2.19. The maximum absolute atomic E-state index is 11.7. The number of carbonyl (C=O) groups is 2. The van der Waals surface area contributed by atoms with Gasteiger partial charge in [0.25, 0.3) is 0 Å². The molecule has 15 heavy (non-hydrogen) atoms. The Bertz CT molecular complexity index is 243. The summed E-state index contributed by atoms with van der Waals surface area (Å²) in [4.78, 5) is 24.3. The lowest BCUT2D eigenvalue weighted by Crippen LogP contribution is -2.42. The van der Waals surface area contributed by atoms with Gasteiger partial charge in [0.15, 0.2) is 0 Å². The molecular weight excluding hydrogens is 196 g/mol. The van der Waals surface area contributed by atoms with Gasteiger partial charge in [0.1, 0.15) is 6.54 Å². The fourth-order valence-corrected chi connectivity index (χ4v) is 1.91. The number of hydrogen-bond acceptors (Lipinski definition) is 3. The fourth-order valence-electron chi connectivity index (χ4n) is 1.91. The Kier molecular flexibility index (Phi) is 4.39. The van der Waals surface area contributed by atoms with Crippen molar-refractivity contribution in [1.29, 1.82) is 0 Å². The van der Waals surface area contributed by atoms with Crippen molar-refractivity contribution in [2.24, 2.45) is 0 Å². The summed E-state index contributed by atoms with van der Waals surface area (Å²) in [5, 5.41) is 2.40. The van der Waals surface area contributed by atoms with Crippen LogP contribution < -0.4 is 5.32 Å². The molecule has 0 radical (unpaired) electrons. The lowest BCUT2D eigenvalue weighted by atomic mass is 10.2. The van der Waals surface area contributed by atoms with Gasteiger partial charge < -0.3 is 15.0 Å². The van der Waals surface area contributed by atoms with E-state index in [1.165, 1.54) is 7.11 Å². The van der Waals surface area contributed by atoms with Gasteiger partial charge in [0.2, 0.25) is 5.91 Å². The molecule has 2 amide bonds. The van der Waals surface area contributed by atoms with Crippen LogP contribution >= 0.6 is 0 Å². The Hall–Kier alpha value is -1.26. The number of likely N-dealkylation sites (tertiary alicyclic amines) is 1. The molecule has 1 rings (SSSR count). The van der Waals surface area contributed by atoms with E-state index in [1.807, 2.05) is 4.90 Å². The molecule has 1 fully saturated rings. The lowest BCUT2D eigenvalue weighted by molar-refractivity contribution is -0.131. The highest BCUT2D eigenvalue weighted by atomic mass is 16.5. The van der Waals surface area contributed by atoms with Crippen molar-refractivity contribution in [3.63, 3.8) is 0 Å². The molecule has 0 aromatic rings. The molecule has 0 spiro atoms. The molecule has 86 valence electrons. The Morgan fingerprint density at radius 2 is 2.27 bits per heavy atom. The Labute approximate surface area is 89.8 Å². The number of carbonyl (C=O) groups excluding carboxylic acids is 2. The predicted octanol–water partition coefficient (Wildman–Crippen LogP) is 0.743. The van der Waals surface area contributed by atoms with E-state index in [0.717, 1.165) is 25.8 Å². The third-order valence-corrected chi connectivity index (χ3v) is 2.74. The molecule has 5 nitrogen and oxygen atoms in total. The second-order valence-electron chi connectivity index (χ2n) is 3.64. The van der Waals surface area contributed by atoms with Crippen LogP contribution in [-0.4, -0.2) is 43.1 Å². The number of methoxy groups -OCH3 is 1. The van der Waals surface area contributed by atoms with Crippen LogP contribution in [0, 0.1) is 0 Å².